The minimum Gasteiger partial charge on any atom is -0.479 e. The predicted octanol–water partition coefficient (Wildman–Crippen LogP) is 4.55. The Morgan fingerprint density at radius 3 is 2.79 bits per heavy atom. The van der Waals surface area contributed by atoms with Crippen molar-refractivity contribution in [1.29, 1.82) is 0 Å². The summed E-state index contributed by atoms with van der Waals surface area (Å²) in [5.74, 6) is 1.29. The number of hydrogen-bond acceptors (Lipinski definition) is 3. The summed E-state index contributed by atoms with van der Waals surface area (Å²) in [5, 5.41) is 0.536. The molecule has 3 nitrogen and oxygen atoms in total. The number of benzene rings is 1. The van der Waals surface area contributed by atoms with Gasteiger partial charge < -0.3 is 14.9 Å². The van der Waals surface area contributed by atoms with E-state index in [0.717, 1.165) is 10.9 Å². The molecule has 19 heavy (non-hydrogen) atoms. The average molecular weight is 345 g/mol. The molecule has 2 rings (SSSR count). The Hall–Kier alpha value is -0.970. The van der Waals surface area contributed by atoms with Gasteiger partial charge >= 0.3 is 0 Å². The molecular formula is C14H15BrClNO2. The molecule has 2 aromatic rings. The van der Waals surface area contributed by atoms with E-state index in [1.807, 2.05) is 31.2 Å². The minimum absolute atomic E-state index is 0.161. The molecule has 0 saturated carbocycles. The second-order valence-corrected chi connectivity index (χ2v) is 5.52. The van der Waals surface area contributed by atoms with Crippen LogP contribution in [0.1, 0.15) is 25.2 Å². The molecule has 2 N–H and O–H groups in total. The highest BCUT2D eigenvalue weighted by molar-refractivity contribution is 9.10. The van der Waals surface area contributed by atoms with Crippen molar-refractivity contribution >= 4 is 27.5 Å². The molecule has 2 atom stereocenters. The molecule has 2 unspecified atom stereocenters. The summed E-state index contributed by atoms with van der Waals surface area (Å²) in [6, 6.07) is 8.98. The Morgan fingerprint density at radius 1 is 1.42 bits per heavy atom. The first-order chi connectivity index (χ1) is 9.11. The topological polar surface area (TPSA) is 48.4 Å². The molecular weight excluding hydrogens is 330 g/mol. The van der Waals surface area contributed by atoms with Crippen LogP contribution < -0.4 is 10.5 Å². The van der Waals surface area contributed by atoms with E-state index in [0.29, 0.717) is 16.5 Å². The van der Waals surface area contributed by atoms with Crippen LogP contribution in [0.25, 0.3) is 0 Å². The first kappa shape index (κ1) is 14.4. The van der Waals surface area contributed by atoms with Gasteiger partial charge in [0, 0.05) is 10.5 Å². The summed E-state index contributed by atoms with van der Waals surface area (Å²) in [4.78, 5) is 0. The van der Waals surface area contributed by atoms with E-state index >= 15 is 0 Å². The lowest BCUT2D eigenvalue weighted by atomic mass is 10.1. The Labute approximate surface area is 125 Å². The van der Waals surface area contributed by atoms with E-state index in [1.165, 1.54) is 0 Å². The van der Waals surface area contributed by atoms with Gasteiger partial charge in [0.15, 0.2) is 6.10 Å². The number of halogens is 2. The lowest BCUT2D eigenvalue weighted by Gasteiger charge is -2.23. The van der Waals surface area contributed by atoms with E-state index in [4.69, 9.17) is 26.5 Å². The van der Waals surface area contributed by atoms with E-state index in [1.54, 1.807) is 12.3 Å². The molecule has 1 aromatic carbocycles. The Kier molecular flexibility index (Phi) is 4.91. The maximum atomic E-state index is 6.16. The van der Waals surface area contributed by atoms with Gasteiger partial charge in [-0.3, -0.25) is 0 Å². The molecule has 5 heteroatoms. The van der Waals surface area contributed by atoms with Gasteiger partial charge in [-0.05, 0) is 36.8 Å². The second kappa shape index (κ2) is 6.46. The van der Waals surface area contributed by atoms with Crippen molar-refractivity contribution < 1.29 is 9.15 Å². The van der Waals surface area contributed by atoms with Gasteiger partial charge in [0.25, 0.3) is 0 Å². The Balaban J connectivity index is 2.25. The molecule has 102 valence electrons. The van der Waals surface area contributed by atoms with Crippen molar-refractivity contribution in [3.8, 4) is 5.75 Å². The zero-order valence-electron chi connectivity index (χ0n) is 10.5. The van der Waals surface area contributed by atoms with Crippen LogP contribution in [0.3, 0.4) is 0 Å². The van der Waals surface area contributed by atoms with Gasteiger partial charge in [-0.15, -0.1) is 0 Å². The first-order valence-electron chi connectivity index (χ1n) is 6.02. The lowest BCUT2D eigenvalue weighted by molar-refractivity contribution is 0.145. The number of hydrogen-bond donors (Lipinski definition) is 1. The molecule has 0 aliphatic rings. The highest BCUT2D eigenvalue weighted by atomic mass is 79.9. The zero-order chi connectivity index (χ0) is 13.8. The lowest BCUT2D eigenvalue weighted by Crippen LogP contribution is -2.31. The molecule has 0 amide bonds. The van der Waals surface area contributed by atoms with Crippen LogP contribution in [0, 0.1) is 0 Å². The number of nitrogens with two attached hydrogens (primary N) is 1. The average Bonchev–Trinajstić information content (AvgIpc) is 2.91. The van der Waals surface area contributed by atoms with Crippen LogP contribution >= 0.6 is 27.5 Å². The van der Waals surface area contributed by atoms with Crippen molar-refractivity contribution in [2.75, 3.05) is 0 Å². The highest BCUT2D eigenvalue weighted by Gasteiger charge is 2.24. The normalized spacial score (nSPS) is 14.1. The highest BCUT2D eigenvalue weighted by Crippen LogP contribution is 2.33. The molecule has 0 spiro atoms. The smallest absolute Gasteiger partial charge is 0.171 e. The third kappa shape index (κ3) is 3.53. The fourth-order valence-electron chi connectivity index (χ4n) is 1.73. The van der Waals surface area contributed by atoms with Crippen LogP contribution in [0.15, 0.2) is 45.5 Å². The summed E-state index contributed by atoms with van der Waals surface area (Å²) < 4.78 is 12.2. The van der Waals surface area contributed by atoms with Crippen LogP contribution in [-0.2, 0) is 0 Å². The molecule has 1 aromatic heterocycles. The van der Waals surface area contributed by atoms with Gasteiger partial charge in [0.1, 0.15) is 11.5 Å². The number of furan rings is 1. The molecule has 1 heterocycles. The molecule has 0 fully saturated rings. The Bertz CT molecular complexity index is 530. The number of ether oxygens (including phenoxy) is 1. The van der Waals surface area contributed by atoms with E-state index in [2.05, 4.69) is 15.9 Å². The van der Waals surface area contributed by atoms with E-state index < -0.39 is 0 Å². The largest absolute Gasteiger partial charge is 0.479 e. The van der Waals surface area contributed by atoms with Gasteiger partial charge in [-0.2, -0.15) is 0 Å². The van der Waals surface area contributed by atoms with Gasteiger partial charge in [0.05, 0.1) is 11.3 Å². The fraction of sp³-hybridized carbons (Fsp3) is 0.286. The van der Waals surface area contributed by atoms with Crippen molar-refractivity contribution in [2.24, 2.45) is 5.73 Å². The third-order valence-corrected chi connectivity index (χ3v) is 3.62. The van der Waals surface area contributed by atoms with Crippen molar-refractivity contribution in [1.82, 2.24) is 0 Å². The summed E-state index contributed by atoms with van der Waals surface area (Å²) >= 11 is 9.52. The van der Waals surface area contributed by atoms with Gasteiger partial charge in [0.2, 0.25) is 0 Å². The summed E-state index contributed by atoms with van der Waals surface area (Å²) in [5.41, 5.74) is 6.10. The van der Waals surface area contributed by atoms with E-state index in [-0.39, 0.29) is 12.1 Å². The maximum absolute atomic E-state index is 6.16. The van der Waals surface area contributed by atoms with Crippen LogP contribution in [0.2, 0.25) is 5.02 Å². The molecule has 0 radical (unpaired) electrons. The second-order valence-electron chi connectivity index (χ2n) is 4.20. The van der Waals surface area contributed by atoms with Crippen LogP contribution in [0.4, 0.5) is 0 Å². The molecule has 0 aliphatic carbocycles. The summed E-state index contributed by atoms with van der Waals surface area (Å²) in [7, 11) is 0. The molecule has 0 saturated heterocycles. The standard InChI is InChI=1S/C14H15BrClNO2/c1-2-11(17)14(13-4-3-7-18-13)19-12-6-5-9(15)8-10(12)16/h3-8,11,14H,2,17H2,1H3. The number of rotatable bonds is 5. The quantitative estimate of drug-likeness (QED) is 0.865. The fourth-order valence-corrected chi connectivity index (χ4v) is 2.45. The van der Waals surface area contributed by atoms with Crippen molar-refractivity contribution in [3.63, 3.8) is 0 Å². The van der Waals surface area contributed by atoms with Crippen molar-refractivity contribution in [3.05, 3.63) is 51.9 Å². The monoisotopic (exact) mass is 343 g/mol. The minimum atomic E-state index is -0.348. The maximum Gasteiger partial charge on any atom is 0.171 e. The Morgan fingerprint density at radius 2 is 2.21 bits per heavy atom. The molecule has 0 bridgehead atoms. The van der Waals surface area contributed by atoms with Crippen molar-refractivity contribution in [2.45, 2.75) is 25.5 Å². The predicted molar refractivity (Wildman–Crippen MR) is 79.5 cm³/mol. The SMILES string of the molecule is CCC(N)C(Oc1ccc(Br)cc1Cl)c1ccco1. The zero-order valence-corrected chi connectivity index (χ0v) is 12.8. The third-order valence-electron chi connectivity index (χ3n) is 2.83. The van der Waals surface area contributed by atoms with Gasteiger partial charge in [-0.1, -0.05) is 34.5 Å². The van der Waals surface area contributed by atoms with Crippen LogP contribution in [0.5, 0.6) is 5.75 Å². The van der Waals surface area contributed by atoms with Gasteiger partial charge in [-0.25, -0.2) is 0 Å². The summed E-state index contributed by atoms with van der Waals surface area (Å²) in [6.45, 7) is 2.01. The molecule has 0 aliphatic heterocycles. The van der Waals surface area contributed by atoms with Crippen LogP contribution in [-0.4, -0.2) is 6.04 Å². The van der Waals surface area contributed by atoms with E-state index in [9.17, 15) is 0 Å². The summed E-state index contributed by atoms with van der Waals surface area (Å²) in [6.07, 6.45) is 2.04. The first-order valence-corrected chi connectivity index (χ1v) is 7.19.